The largest absolute Gasteiger partial charge is 0.486 e. The fourth-order valence-electron chi connectivity index (χ4n) is 1.51. The minimum atomic E-state index is -0.861. The highest BCUT2D eigenvalue weighted by atomic mass is 16.5. The number of carboxylic acids is 1. The molecule has 0 saturated heterocycles. The lowest BCUT2D eigenvalue weighted by Gasteiger charge is -2.06. The van der Waals surface area contributed by atoms with Crippen LogP contribution < -0.4 is 4.74 Å². The van der Waals surface area contributed by atoms with Gasteiger partial charge in [0.1, 0.15) is 18.7 Å². The summed E-state index contributed by atoms with van der Waals surface area (Å²) in [6, 6.07) is 7.01. The molecule has 0 aliphatic rings. The Bertz CT molecular complexity index is 551. The first-order valence-corrected chi connectivity index (χ1v) is 5.41. The van der Waals surface area contributed by atoms with Crippen LogP contribution >= 0.6 is 0 Å². The average Bonchev–Trinajstić information content (AvgIpc) is 2.72. The van der Waals surface area contributed by atoms with Gasteiger partial charge in [0.2, 0.25) is 0 Å². The number of hydrogen-bond acceptors (Lipinski definition) is 4. The van der Waals surface area contributed by atoms with Crippen LogP contribution in [0.2, 0.25) is 0 Å². The van der Waals surface area contributed by atoms with Crippen molar-refractivity contribution in [2.45, 2.75) is 13.0 Å². The Kier molecular flexibility index (Phi) is 3.57. The lowest BCUT2D eigenvalue weighted by molar-refractivity contribution is -0.136. The first-order chi connectivity index (χ1) is 8.65. The Morgan fingerprint density at radius 2 is 2.33 bits per heavy atom. The minimum Gasteiger partial charge on any atom is -0.486 e. The SMILES string of the molecule is Cn1cnnc1COc1cccc(CC(=O)O)c1. The molecule has 0 aliphatic heterocycles. The maximum atomic E-state index is 10.6. The van der Waals surface area contributed by atoms with Crippen LogP contribution in [0, 0.1) is 0 Å². The number of aliphatic carboxylic acids is 1. The summed E-state index contributed by atoms with van der Waals surface area (Å²) in [7, 11) is 1.83. The van der Waals surface area contributed by atoms with E-state index in [4.69, 9.17) is 9.84 Å². The number of nitrogens with zero attached hydrogens (tertiary/aromatic N) is 3. The second kappa shape index (κ2) is 5.31. The molecule has 0 saturated carbocycles. The summed E-state index contributed by atoms with van der Waals surface area (Å²) in [4.78, 5) is 10.6. The van der Waals surface area contributed by atoms with Gasteiger partial charge in [-0.05, 0) is 17.7 Å². The summed E-state index contributed by atoms with van der Waals surface area (Å²) < 4.78 is 7.30. The molecule has 0 unspecified atom stereocenters. The molecule has 1 aromatic carbocycles. The van der Waals surface area contributed by atoms with Crippen LogP contribution in [-0.4, -0.2) is 25.8 Å². The molecule has 18 heavy (non-hydrogen) atoms. The smallest absolute Gasteiger partial charge is 0.307 e. The highest BCUT2D eigenvalue weighted by Crippen LogP contribution is 2.15. The Hall–Kier alpha value is -2.37. The molecule has 0 radical (unpaired) electrons. The average molecular weight is 247 g/mol. The van der Waals surface area contributed by atoms with Gasteiger partial charge in [-0.3, -0.25) is 4.79 Å². The molecule has 1 N–H and O–H groups in total. The number of hydrogen-bond donors (Lipinski definition) is 1. The van der Waals surface area contributed by atoms with Crippen LogP contribution in [0.4, 0.5) is 0 Å². The first-order valence-electron chi connectivity index (χ1n) is 5.41. The third-order valence-corrected chi connectivity index (χ3v) is 2.43. The quantitative estimate of drug-likeness (QED) is 0.853. The number of aromatic nitrogens is 3. The van der Waals surface area contributed by atoms with E-state index in [1.807, 2.05) is 7.05 Å². The third-order valence-electron chi connectivity index (χ3n) is 2.43. The topological polar surface area (TPSA) is 77.2 Å². The molecule has 6 nitrogen and oxygen atoms in total. The Morgan fingerprint density at radius 1 is 1.50 bits per heavy atom. The van der Waals surface area contributed by atoms with Crippen LogP contribution in [0.15, 0.2) is 30.6 Å². The van der Waals surface area contributed by atoms with Crippen molar-refractivity contribution in [3.8, 4) is 5.75 Å². The van der Waals surface area contributed by atoms with E-state index in [1.165, 1.54) is 0 Å². The fourth-order valence-corrected chi connectivity index (χ4v) is 1.51. The van der Waals surface area contributed by atoms with Crippen molar-refractivity contribution in [2.24, 2.45) is 7.05 Å². The molecule has 0 atom stereocenters. The Morgan fingerprint density at radius 3 is 3.00 bits per heavy atom. The Labute approximate surface area is 104 Å². The fraction of sp³-hybridized carbons (Fsp3) is 0.250. The van der Waals surface area contributed by atoms with E-state index in [-0.39, 0.29) is 6.42 Å². The van der Waals surface area contributed by atoms with Gasteiger partial charge < -0.3 is 14.4 Å². The molecular weight excluding hydrogens is 234 g/mol. The van der Waals surface area contributed by atoms with Gasteiger partial charge >= 0.3 is 5.97 Å². The number of rotatable bonds is 5. The van der Waals surface area contributed by atoms with Crippen molar-refractivity contribution in [3.63, 3.8) is 0 Å². The normalized spacial score (nSPS) is 10.3. The zero-order valence-corrected chi connectivity index (χ0v) is 9.91. The maximum absolute atomic E-state index is 10.6. The molecule has 0 fully saturated rings. The van der Waals surface area contributed by atoms with Gasteiger partial charge in [-0.15, -0.1) is 10.2 Å². The van der Waals surface area contributed by atoms with Crippen LogP contribution in [0.1, 0.15) is 11.4 Å². The van der Waals surface area contributed by atoms with E-state index < -0.39 is 5.97 Å². The van der Waals surface area contributed by atoms with Crippen molar-refractivity contribution in [1.29, 1.82) is 0 Å². The lowest BCUT2D eigenvalue weighted by Crippen LogP contribution is -2.04. The summed E-state index contributed by atoms with van der Waals surface area (Å²) in [5.41, 5.74) is 0.706. The second-order valence-corrected chi connectivity index (χ2v) is 3.86. The number of aryl methyl sites for hydroxylation is 1. The van der Waals surface area contributed by atoms with Crippen molar-refractivity contribution < 1.29 is 14.6 Å². The maximum Gasteiger partial charge on any atom is 0.307 e. The predicted octanol–water partition coefficient (Wildman–Crippen LogP) is 1.02. The zero-order valence-electron chi connectivity index (χ0n) is 9.91. The molecule has 6 heteroatoms. The molecule has 2 rings (SSSR count). The number of carboxylic acid groups (broad SMARTS) is 1. The molecule has 0 aliphatic carbocycles. The number of benzene rings is 1. The van der Waals surface area contributed by atoms with Gasteiger partial charge in [-0.1, -0.05) is 12.1 Å². The van der Waals surface area contributed by atoms with Crippen LogP contribution in [-0.2, 0) is 24.9 Å². The third kappa shape index (κ3) is 3.07. The standard InChI is InChI=1S/C12H13N3O3/c1-15-8-13-14-11(15)7-18-10-4-2-3-9(5-10)6-12(16)17/h2-5,8H,6-7H2,1H3,(H,16,17). The van der Waals surface area contributed by atoms with Crippen LogP contribution in [0.3, 0.4) is 0 Å². The van der Waals surface area contributed by atoms with Gasteiger partial charge in [-0.2, -0.15) is 0 Å². The molecule has 94 valence electrons. The summed E-state index contributed by atoms with van der Waals surface area (Å²) in [6.07, 6.45) is 1.58. The van der Waals surface area contributed by atoms with Gasteiger partial charge in [0, 0.05) is 7.05 Å². The van der Waals surface area contributed by atoms with Crippen LogP contribution in [0.25, 0.3) is 0 Å². The van der Waals surface area contributed by atoms with E-state index >= 15 is 0 Å². The van der Waals surface area contributed by atoms with Gasteiger partial charge in [0.15, 0.2) is 5.82 Å². The molecule has 0 bridgehead atoms. The molecule has 2 aromatic rings. The highest BCUT2D eigenvalue weighted by Gasteiger charge is 2.04. The van der Waals surface area contributed by atoms with Gasteiger partial charge in [0.05, 0.1) is 6.42 Å². The highest BCUT2D eigenvalue weighted by molar-refractivity contribution is 5.70. The van der Waals surface area contributed by atoms with E-state index in [0.717, 1.165) is 0 Å². The van der Waals surface area contributed by atoms with Crippen molar-refractivity contribution in [3.05, 3.63) is 42.0 Å². The summed E-state index contributed by atoms with van der Waals surface area (Å²) in [5, 5.41) is 16.4. The summed E-state index contributed by atoms with van der Waals surface area (Å²) >= 11 is 0. The van der Waals surface area contributed by atoms with Gasteiger partial charge in [-0.25, -0.2) is 0 Å². The number of carbonyl (C=O) groups is 1. The van der Waals surface area contributed by atoms with Crippen molar-refractivity contribution in [2.75, 3.05) is 0 Å². The Balaban J connectivity index is 2.01. The molecule has 0 amide bonds. The minimum absolute atomic E-state index is 0.0127. The van der Waals surface area contributed by atoms with Crippen molar-refractivity contribution in [1.82, 2.24) is 14.8 Å². The zero-order chi connectivity index (χ0) is 13.0. The van der Waals surface area contributed by atoms with E-state index in [0.29, 0.717) is 23.7 Å². The van der Waals surface area contributed by atoms with Gasteiger partial charge in [0.25, 0.3) is 0 Å². The molecule has 1 heterocycles. The summed E-state index contributed by atoms with van der Waals surface area (Å²) in [5.74, 6) is 0.468. The molecule has 1 aromatic heterocycles. The van der Waals surface area contributed by atoms with Crippen molar-refractivity contribution >= 4 is 5.97 Å². The lowest BCUT2D eigenvalue weighted by atomic mass is 10.1. The van der Waals surface area contributed by atoms with Crippen LogP contribution in [0.5, 0.6) is 5.75 Å². The summed E-state index contributed by atoms with van der Waals surface area (Å²) in [6.45, 7) is 0.299. The number of ether oxygens (including phenoxy) is 1. The first kappa shape index (κ1) is 12.1. The molecular formula is C12H13N3O3. The predicted molar refractivity (Wildman–Crippen MR) is 63.1 cm³/mol. The van der Waals surface area contributed by atoms with E-state index in [1.54, 1.807) is 35.2 Å². The monoisotopic (exact) mass is 247 g/mol. The molecule has 0 spiro atoms. The second-order valence-electron chi connectivity index (χ2n) is 3.86. The van der Waals surface area contributed by atoms with E-state index in [9.17, 15) is 4.79 Å². The van der Waals surface area contributed by atoms with E-state index in [2.05, 4.69) is 10.2 Å².